The Balaban J connectivity index is 2.04. The molecule has 0 aliphatic rings. The second-order valence-corrected chi connectivity index (χ2v) is 5.51. The molecule has 0 unspecified atom stereocenters. The van der Waals surface area contributed by atoms with Gasteiger partial charge in [0.2, 0.25) is 0 Å². The smallest absolute Gasteiger partial charge is 0.271 e. The van der Waals surface area contributed by atoms with Gasteiger partial charge < -0.3 is 5.11 Å². The number of nitrogens with one attached hydrogen (secondary N) is 1. The molecule has 2 rings (SSSR count). The highest BCUT2D eigenvalue weighted by atomic mass is 127. The number of halogens is 1. The predicted molar refractivity (Wildman–Crippen MR) is 87.1 cm³/mol. The summed E-state index contributed by atoms with van der Waals surface area (Å²) in [5, 5.41) is 13.5. The molecule has 0 spiro atoms. The van der Waals surface area contributed by atoms with Crippen LogP contribution in [-0.4, -0.2) is 17.2 Å². The predicted octanol–water partition coefficient (Wildman–Crippen LogP) is 3.07. The third-order valence-corrected chi connectivity index (χ3v) is 3.38. The summed E-state index contributed by atoms with van der Waals surface area (Å²) in [5.74, 6) is -0.160. The van der Waals surface area contributed by atoms with Crippen LogP contribution >= 0.6 is 22.6 Å². The quantitative estimate of drug-likeness (QED) is 0.489. The summed E-state index contributed by atoms with van der Waals surface area (Å²) in [6.07, 6.45) is 1.42. The van der Waals surface area contributed by atoms with E-state index in [1.54, 1.807) is 30.3 Å². The summed E-state index contributed by atoms with van der Waals surface area (Å²) in [6, 6.07) is 12.4. The molecule has 0 bridgehead atoms. The van der Waals surface area contributed by atoms with Crippen LogP contribution in [0, 0.1) is 10.5 Å². The second kappa shape index (κ2) is 6.51. The zero-order valence-corrected chi connectivity index (χ0v) is 13.0. The minimum Gasteiger partial charge on any atom is -0.507 e. The molecule has 0 aromatic heterocycles. The van der Waals surface area contributed by atoms with Crippen LogP contribution in [0.5, 0.6) is 5.75 Å². The monoisotopic (exact) mass is 380 g/mol. The molecule has 2 aromatic rings. The van der Waals surface area contributed by atoms with Crippen molar-refractivity contribution in [2.24, 2.45) is 5.10 Å². The summed E-state index contributed by atoms with van der Waals surface area (Å²) < 4.78 is 1.06. The number of aromatic hydroxyl groups is 1. The Bertz CT molecular complexity index is 651. The molecule has 0 aliphatic heterocycles. The Morgan fingerprint density at radius 1 is 1.25 bits per heavy atom. The van der Waals surface area contributed by atoms with Gasteiger partial charge >= 0.3 is 0 Å². The zero-order valence-electron chi connectivity index (χ0n) is 10.8. The molecule has 0 fully saturated rings. The van der Waals surface area contributed by atoms with E-state index in [9.17, 15) is 9.90 Å². The second-order valence-electron chi connectivity index (χ2n) is 4.27. The highest BCUT2D eigenvalue weighted by Crippen LogP contribution is 2.15. The fourth-order valence-electron chi connectivity index (χ4n) is 1.60. The molecule has 1 amide bonds. The van der Waals surface area contributed by atoms with Crippen LogP contribution < -0.4 is 5.43 Å². The number of aryl methyl sites for hydroxylation is 1. The number of carbonyl (C=O) groups is 1. The number of benzene rings is 2. The molecule has 20 heavy (non-hydrogen) atoms. The van der Waals surface area contributed by atoms with Gasteiger partial charge in [-0.05, 0) is 65.9 Å². The van der Waals surface area contributed by atoms with Crippen LogP contribution in [0.1, 0.15) is 21.5 Å². The lowest BCUT2D eigenvalue weighted by Crippen LogP contribution is -2.17. The minimum atomic E-state index is -0.287. The number of hydrogen-bond donors (Lipinski definition) is 2. The fraction of sp³-hybridized carbons (Fsp3) is 0.0667. The van der Waals surface area contributed by atoms with Gasteiger partial charge in [-0.15, -0.1) is 0 Å². The van der Waals surface area contributed by atoms with Gasteiger partial charge in [0.25, 0.3) is 5.91 Å². The maximum Gasteiger partial charge on any atom is 0.271 e. The van der Waals surface area contributed by atoms with Crippen LogP contribution in [0.2, 0.25) is 0 Å². The van der Waals surface area contributed by atoms with Gasteiger partial charge in [0.15, 0.2) is 0 Å². The maximum absolute atomic E-state index is 11.8. The van der Waals surface area contributed by atoms with E-state index in [4.69, 9.17) is 0 Å². The van der Waals surface area contributed by atoms with Crippen molar-refractivity contribution < 1.29 is 9.90 Å². The van der Waals surface area contributed by atoms with Crippen LogP contribution in [0.4, 0.5) is 0 Å². The molecule has 0 atom stereocenters. The largest absolute Gasteiger partial charge is 0.507 e. The molecule has 4 nitrogen and oxygen atoms in total. The third kappa shape index (κ3) is 3.80. The van der Waals surface area contributed by atoms with E-state index < -0.39 is 0 Å². The van der Waals surface area contributed by atoms with Crippen molar-refractivity contribution in [2.45, 2.75) is 6.92 Å². The molecule has 0 heterocycles. The number of phenolic OH excluding ortho intramolecular Hbond substituents is 1. The standard InChI is InChI=1S/C15H13IN2O2/c1-10-2-7-14(19)12(8-10)9-17-18-15(20)11-3-5-13(16)6-4-11/h2-9,19H,1H3,(H,18,20)/b17-9-. The molecule has 2 N–H and O–H groups in total. The number of hydrogen-bond acceptors (Lipinski definition) is 3. The zero-order chi connectivity index (χ0) is 14.5. The number of carbonyl (C=O) groups excluding carboxylic acids is 1. The fourth-order valence-corrected chi connectivity index (χ4v) is 1.96. The van der Waals surface area contributed by atoms with Gasteiger partial charge in [-0.2, -0.15) is 5.10 Å². The normalized spacial score (nSPS) is 10.7. The summed E-state index contributed by atoms with van der Waals surface area (Å²) >= 11 is 2.17. The molecule has 0 aliphatic carbocycles. The highest BCUT2D eigenvalue weighted by Gasteiger charge is 2.03. The van der Waals surface area contributed by atoms with Gasteiger partial charge in [0.1, 0.15) is 5.75 Å². The molecule has 5 heteroatoms. The van der Waals surface area contributed by atoms with Crippen molar-refractivity contribution in [1.29, 1.82) is 0 Å². The topological polar surface area (TPSA) is 61.7 Å². The van der Waals surface area contributed by atoms with Crippen molar-refractivity contribution in [1.82, 2.24) is 5.43 Å². The van der Waals surface area contributed by atoms with Crippen molar-refractivity contribution >= 4 is 34.7 Å². The van der Waals surface area contributed by atoms with E-state index in [0.29, 0.717) is 11.1 Å². The van der Waals surface area contributed by atoms with E-state index in [-0.39, 0.29) is 11.7 Å². The van der Waals surface area contributed by atoms with E-state index in [1.165, 1.54) is 6.21 Å². The SMILES string of the molecule is Cc1ccc(O)c(/C=N\NC(=O)c2ccc(I)cc2)c1. The van der Waals surface area contributed by atoms with Crippen LogP contribution in [-0.2, 0) is 0 Å². The van der Waals surface area contributed by atoms with Gasteiger partial charge in [-0.25, -0.2) is 5.43 Å². The van der Waals surface area contributed by atoms with Crippen molar-refractivity contribution in [2.75, 3.05) is 0 Å². The Labute approximate surface area is 130 Å². The number of hydrazone groups is 1. The number of rotatable bonds is 3. The lowest BCUT2D eigenvalue weighted by atomic mass is 10.1. The average molecular weight is 380 g/mol. The lowest BCUT2D eigenvalue weighted by molar-refractivity contribution is 0.0955. The molecule has 0 saturated carbocycles. The Kier molecular flexibility index (Phi) is 4.73. The van der Waals surface area contributed by atoms with Gasteiger partial charge in [-0.3, -0.25) is 4.79 Å². The van der Waals surface area contributed by atoms with Crippen molar-refractivity contribution in [3.63, 3.8) is 0 Å². The van der Waals surface area contributed by atoms with Crippen molar-refractivity contribution in [3.05, 3.63) is 62.7 Å². The first-order valence-corrected chi connectivity index (χ1v) is 7.03. The van der Waals surface area contributed by atoms with Crippen LogP contribution in [0.25, 0.3) is 0 Å². The van der Waals surface area contributed by atoms with E-state index in [1.807, 2.05) is 19.1 Å². The van der Waals surface area contributed by atoms with Gasteiger partial charge in [-0.1, -0.05) is 11.6 Å². The molecule has 0 saturated heterocycles. The average Bonchev–Trinajstić information content (AvgIpc) is 2.43. The van der Waals surface area contributed by atoms with Gasteiger partial charge in [0.05, 0.1) is 6.21 Å². The highest BCUT2D eigenvalue weighted by molar-refractivity contribution is 14.1. The minimum absolute atomic E-state index is 0.128. The van der Waals surface area contributed by atoms with E-state index >= 15 is 0 Å². The van der Waals surface area contributed by atoms with E-state index in [0.717, 1.165) is 9.13 Å². The Hall–Kier alpha value is -1.89. The number of amides is 1. The maximum atomic E-state index is 11.8. The third-order valence-electron chi connectivity index (χ3n) is 2.66. The summed E-state index contributed by atoms with van der Waals surface area (Å²) in [5.41, 5.74) is 4.54. The summed E-state index contributed by atoms with van der Waals surface area (Å²) in [6.45, 7) is 1.92. The Morgan fingerprint density at radius 3 is 2.65 bits per heavy atom. The van der Waals surface area contributed by atoms with Gasteiger partial charge in [0, 0.05) is 14.7 Å². The summed E-state index contributed by atoms with van der Waals surface area (Å²) in [4.78, 5) is 11.8. The summed E-state index contributed by atoms with van der Waals surface area (Å²) in [7, 11) is 0. The van der Waals surface area contributed by atoms with E-state index in [2.05, 4.69) is 33.1 Å². The first kappa shape index (κ1) is 14.5. The first-order chi connectivity index (χ1) is 9.56. The molecular weight excluding hydrogens is 367 g/mol. The van der Waals surface area contributed by atoms with Crippen LogP contribution in [0.3, 0.4) is 0 Å². The Morgan fingerprint density at radius 2 is 1.95 bits per heavy atom. The van der Waals surface area contributed by atoms with Crippen molar-refractivity contribution in [3.8, 4) is 5.75 Å². The number of phenols is 1. The molecule has 2 aromatic carbocycles. The number of nitrogens with zero attached hydrogens (tertiary/aromatic N) is 1. The molecule has 102 valence electrons. The lowest BCUT2D eigenvalue weighted by Gasteiger charge is -2.01. The first-order valence-electron chi connectivity index (χ1n) is 5.95. The molecule has 0 radical (unpaired) electrons. The van der Waals surface area contributed by atoms with Crippen LogP contribution in [0.15, 0.2) is 47.6 Å². The molecular formula is C15H13IN2O2.